The summed E-state index contributed by atoms with van der Waals surface area (Å²) in [5.41, 5.74) is 9.10. The molecule has 1 aromatic heterocycles. The highest BCUT2D eigenvalue weighted by atomic mass is 32.2. The highest BCUT2D eigenvalue weighted by molar-refractivity contribution is 8.14. The standard InChI is InChI=1S/C22H28N4O2S/c1-15-11-20(16(2)26(15)13-19-5-4-10-28-19)21-14-29-22(25-24-21)23-12-17-6-8-18(27-3)9-7-17/h6-9,11,19H,4-5,10,12-14H2,1-3H3,(H,23,25)/t19-/m0/s1. The van der Waals surface area contributed by atoms with Gasteiger partial charge in [-0.1, -0.05) is 23.9 Å². The molecule has 1 fully saturated rings. The number of hydrogen-bond acceptors (Lipinski definition) is 5. The van der Waals surface area contributed by atoms with Crippen LogP contribution in [0.2, 0.25) is 0 Å². The van der Waals surface area contributed by atoms with Crippen LogP contribution >= 0.6 is 11.8 Å². The van der Waals surface area contributed by atoms with Gasteiger partial charge in [0.1, 0.15) is 5.75 Å². The maximum absolute atomic E-state index is 5.82. The number of benzene rings is 1. The molecule has 2 aliphatic heterocycles. The number of thioether (sulfide) groups is 1. The third kappa shape index (κ3) is 4.67. The van der Waals surface area contributed by atoms with Gasteiger partial charge in [0.2, 0.25) is 0 Å². The van der Waals surface area contributed by atoms with E-state index in [0.717, 1.165) is 47.5 Å². The molecule has 1 saturated heterocycles. The number of aromatic nitrogens is 1. The largest absolute Gasteiger partial charge is 0.497 e. The molecule has 1 atom stereocenters. The van der Waals surface area contributed by atoms with E-state index in [-0.39, 0.29) is 0 Å². The Morgan fingerprint density at radius 2 is 2.14 bits per heavy atom. The molecule has 0 aliphatic carbocycles. The van der Waals surface area contributed by atoms with E-state index in [1.807, 2.05) is 24.3 Å². The number of nitrogens with one attached hydrogen (secondary N) is 1. The maximum atomic E-state index is 5.82. The van der Waals surface area contributed by atoms with Gasteiger partial charge in [-0.25, -0.2) is 0 Å². The molecule has 29 heavy (non-hydrogen) atoms. The van der Waals surface area contributed by atoms with Gasteiger partial charge in [0.25, 0.3) is 0 Å². The summed E-state index contributed by atoms with van der Waals surface area (Å²) in [6.07, 6.45) is 2.66. The second kappa shape index (κ2) is 9.05. The Kier molecular flexibility index (Phi) is 6.25. The first kappa shape index (κ1) is 20.0. The smallest absolute Gasteiger partial charge is 0.177 e. The number of amidine groups is 1. The van der Waals surface area contributed by atoms with E-state index in [0.29, 0.717) is 12.6 Å². The zero-order valence-electron chi connectivity index (χ0n) is 17.3. The lowest BCUT2D eigenvalue weighted by Gasteiger charge is -2.17. The number of aryl methyl sites for hydroxylation is 1. The van der Waals surface area contributed by atoms with Crippen LogP contribution in [0.1, 0.15) is 35.4 Å². The van der Waals surface area contributed by atoms with Crippen molar-refractivity contribution in [3.8, 4) is 5.75 Å². The number of hydrogen-bond donors (Lipinski definition) is 1. The summed E-state index contributed by atoms with van der Waals surface area (Å²) < 4.78 is 13.4. The predicted octanol–water partition coefficient (Wildman–Crippen LogP) is 3.89. The molecule has 0 bridgehead atoms. The van der Waals surface area contributed by atoms with Crippen molar-refractivity contribution >= 4 is 22.6 Å². The van der Waals surface area contributed by atoms with Gasteiger partial charge in [-0.3, -0.25) is 10.4 Å². The summed E-state index contributed by atoms with van der Waals surface area (Å²) in [4.78, 5) is 4.65. The Bertz CT molecular complexity index is 912. The summed E-state index contributed by atoms with van der Waals surface area (Å²) in [5, 5.41) is 5.48. The Morgan fingerprint density at radius 1 is 1.31 bits per heavy atom. The van der Waals surface area contributed by atoms with Crippen LogP contribution in [0.3, 0.4) is 0 Å². The minimum absolute atomic E-state index is 0.338. The van der Waals surface area contributed by atoms with Gasteiger partial charge in [-0.15, -0.1) is 0 Å². The number of rotatable bonds is 6. The van der Waals surface area contributed by atoms with E-state index in [9.17, 15) is 0 Å². The van der Waals surface area contributed by atoms with Gasteiger partial charge in [-0.05, 0) is 50.5 Å². The molecule has 2 aliphatic rings. The number of ether oxygens (including phenoxy) is 2. The van der Waals surface area contributed by atoms with Crippen molar-refractivity contribution in [3.63, 3.8) is 0 Å². The lowest BCUT2D eigenvalue weighted by molar-refractivity contribution is 0.0962. The molecule has 3 heterocycles. The molecule has 0 radical (unpaired) electrons. The quantitative estimate of drug-likeness (QED) is 0.782. The van der Waals surface area contributed by atoms with E-state index in [1.165, 1.54) is 23.4 Å². The molecule has 154 valence electrons. The third-order valence-corrected chi connectivity index (χ3v) is 6.40. The summed E-state index contributed by atoms with van der Waals surface area (Å²) in [6.45, 7) is 6.79. The molecule has 0 saturated carbocycles. The van der Waals surface area contributed by atoms with Gasteiger partial charge in [0.15, 0.2) is 5.17 Å². The molecular formula is C22H28N4O2S. The Hall–Kier alpha value is -2.25. The molecule has 1 aromatic carbocycles. The van der Waals surface area contributed by atoms with Crippen LogP contribution in [-0.4, -0.2) is 41.0 Å². The fraction of sp³-hybridized carbons (Fsp3) is 0.455. The second-order valence-electron chi connectivity index (χ2n) is 7.46. The Balaban J connectivity index is 1.41. The SMILES string of the molecule is COc1ccc(CN=C2NN=C(c3cc(C)n(C[C@@H]4CCCO4)c3C)CS2)cc1. The third-order valence-electron chi connectivity index (χ3n) is 5.49. The number of hydrazone groups is 1. The fourth-order valence-corrected chi connectivity index (χ4v) is 4.56. The Labute approximate surface area is 176 Å². The van der Waals surface area contributed by atoms with Crippen LogP contribution in [0.4, 0.5) is 0 Å². The molecule has 4 rings (SSSR count). The van der Waals surface area contributed by atoms with Gasteiger partial charge in [0, 0.05) is 35.9 Å². The van der Waals surface area contributed by atoms with Crippen LogP contribution in [0.15, 0.2) is 40.4 Å². The average Bonchev–Trinajstić information content (AvgIpc) is 3.37. The van der Waals surface area contributed by atoms with Crippen molar-refractivity contribution < 1.29 is 9.47 Å². The highest BCUT2D eigenvalue weighted by Crippen LogP contribution is 2.23. The van der Waals surface area contributed by atoms with Gasteiger partial charge >= 0.3 is 0 Å². The number of nitrogens with zero attached hydrogens (tertiary/aromatic N) is 3. The zero-order chi connectivity index (χ0) is 20.2. The first-order valence-corrected chi connectivity index (χ1v) is 11.0. The lowest BCUT2D eigenvalue weighted by Crippen LogP contribution is -2.26. The average molecular weight is 413 g/mol. The van der Waals surface area contributed by atoms with E-state index in [4.69, 9.17) is 9.47 Å². The van der Waals surface area contributed by atoms with E-state index in [2.05, 4.69) is 40.0 Å². The van der Waals surface area contributed by atoms with Crippen LogP contribution in [0.5, 0.6) is 5.75 Å². The molecule has 0 unspecified atom stereocenters. The van der Waals surface area contributed by atoms with Crippen molar-refractivity contribution in [1.29, 1.82) is 0 Å². The van der Waals surface area contributed by atoms with Crippen LogP contribution < -0.4 is 10.2 Å². The minimum atomic E-state index is 0.338. The monoisotopic (exact) mass is 412 g/mol. The van der Waals surface area contributed by atoms with Gasteiger partial charge in [-0.2, -0.15) is 5.10 Å². The first-order valence-electron chi connectivity index (χ1n) is 10.1. The highest BCUT2D eigenvalue weighted by Gasteiger charge is 2.22. The van der Waals surface area contributed by atoms with Gasteiger partial charge in [0.05, 0.1) is 25.5 Å². The lowest BCUT2D eigenvalue weighted by atomic mass is 10.1. The van der Waals surface area contributed by atoms with E-state index >= 15 is 0 Å². The summed E-state index contributed by atoms with van der Waals surface area (Å²) >= 11 is 1.70. The van der Waals surface area contributed by atoms with Gasteiger partial charge < -0.3 is 14.0 Å². The second-order valence-corrected chi connectivity index (χ2v) is 8.42. The summed E-state index contributed by atoms with van der Waals surface area (Å²) in [6, 6.07) is 10.2. The van der Waals surface area contributed by atoms with E-state index < -0.39 is 0 Å². The van der Waals surface area contributed by atoms with Crippen molar-refractivity contribution in [2.75, 3.05) is 19.5 Å². The van der Waals surface area contributed by atoms with Crippen molar-refractivity contribution in [1.82, 2.24) is 9.99 Å². The zero-order valence-corrected chi connectivity index (χ0v) is 18.1. The summed E-state index contributed by atoms with van der Waals surface area (Å²) in [7, 11) is 1.67. The molecule has 0 spiro atoms. The molecule has 1 N–H and O–H groups in total. The predicted molar refractivity (Wildman–Crippen MR) is 119 cm³/mol. The molecule has 6 nitrogen and oxygen atoms in total. The van der Waals surface area contributed by atoms with E-state index in [1.54, 1.807) is 18.9 Å². The first-order chi connectivity index (χ1) is 14.1. The normalized spacial score (nSPS) is 20.6. The molecule has 7 heteroatoms. The topological polar surface area (TPSA) is 60.1 Å². The Morgan fingerprint density at radius 3 is 2.79 bits per heavy atom. The minimum Gasteiger partial charge on any atom is -0.497 e. The molecule has 0 amide bonds. The maximum Gasteiger partial charge on any atom is 0.177 e. The van der Waals surface area contributed by atoms with Crippen LogP contribution in [0, 0.1) is 13.8 Å². The number of methoxy groups -OCH3 is 1. The fourth-order valence-electron chi connectivity index (χ4n) is 3.80. The number of aliphatic imine (C=N–C) groups is 1. The van der Waals surface area contributed by atoms with Crippen LogP contribution in [0.25, 0.3) is 0 Å². The van der Waals surface area contributed by atoms with Crippen molar-refractivity contribution in [2.45, 2.75) is 45.9 Å². The molecule has 2 aromatic rings. The summed E-state index contributed by atoms with van der Waals surface area (Å²) in [5.74, 6) is 1.68. The van der Waals surface area contributed by atoms with Crippen LogP contribution in [-0.2, 0) is 17.8 Å². The molecular weight excluding hydrogens is 384 g/mol. The van der Waals surface area contributed by atoms with Crippen molar-refractivity contribution in [3.05, 3.63) is 52.8 Å². The van der Waals surface area contributed by atoms with Crippen molar-refractivity contribution in [2.24, 2.45) is 10.1 Å².